The van der Waals surface area contributed by atoms with Crippen LogP contribution in [0.15, 0.2) is 18.2 Å². The van der Waals surface area contributed by atoms with Crippen LogP contribution in [0.4, 0.5) is 8.78 Å². The number of likely N-dealkylation sites (tertiary alicyclic amines) is 1. The molecule has 1 saturated heterocycles. The third-order valence-corrected chi connectivity index (χ3v) is 5.42. The van der Waals surface area contributed by atoms with Gasteiger partial charge in [-0.3, -0.25) is 4.79 Å². The molecule has 0 N–H and O–H groups in total. The predicted molar refractivity (Wildman–Crippen MR) is 83.0 cm³/mol. The maximum absolute atomic E-state index is 13.8. The zero-order chi connectivity index (χ0) is 16.4. The minimum atomic E-state index is -0.526. The van der Waals surface area contributed by atoms with Crippen molar-refractivity contribution in [3.63, 3.8) is 0 Å². The normalized spacial score (nSPS) is 27.6. The lowest BCUT2D eigenvalue weighted by Gasteiger charge is -2.43. The number of halogens is 2. The molecule has 1 aliphatic carbocycles. The highest BCUT2D eigenvalue weighted by molar-refractivity contribution is 5.79. The Balaban J connectivity index is 1.71. The van der Waals surface area contributed by atoms with Crippen LogP contribution in [0.3, 0.4) is 0 Å². The monoisotopic (exact) mass is 323 g/mol. The molecule has 1 aliphatic heterocycles. The minimum Gasteiger partial charge on any atom is -0.381 e. The molecular formula is C18H23F2NO2. The van der Waals surface area contributed by atoms with Gasteiger partial charge in [-0.1, -0.05) is 6.42 Å². The molecule has 0 radical (unpaired) electrons. The van der Waals surface area contributed by atoms with Gasteiger partial charge in [0.25, 0.3) is 0 Å². The SMILES string of the molecule is CO[C@@H]1CCC[C@]12CCCN(C(=O)Cc1cc(F)ccc1F)C2. The number of ether oxygens (including phenoxy) is 1. The summed E-state index contributed by atoms with van der Waals surface area (Å²) in [6.07, 6.45) is 5.36. The summed E-state index contributed by atoms with van der Waals surface area (Å²) >= 11 is 0. The van der Waals surface area contributed by atoms with Crippen molar-refractivity contribution in [1.82, 2.24) is 4.90 Å². The second kappa shape index (κ2) is 6.56. The van der Waals surface area contributed by atoms with Gasteiger partial charge in [-0.05, 0) is 43.9 Å². The van der Waals surface area contributed by atoms with E-state index in [0.717, 1.165) is 50.3 Å². The number of benzene rings is 1. The summed E-state index contributed by atoms with van der Waals surface area (Å²) in [5.41, 5.74) is 0.174. The number of carbonyl (C=O) groups excluding carboxylic acids is 1. The third kappa shape index (κ3) is 3.25. The van der Waals surface area contributed by atoms with E-state index in [1.54, 1.807) is 7.11 Å². The molecular weight excluding hydrogens is 300 g/mol. The molecule has 2 aliphatic rings. The fraction of sp³-hybridized carbons (Fsp3) is 0.611. The van der Waals surface area contributed by atoms with Gasteiger partial charge in [0, 0.05) is 31.2 Å². The molecule has 2 atom stereocenters. The number of amides is 1. The van der Waals surface area contributed by atoms with E-state index in [-0.39, 0.29) is 29.4 Å². The van der Waals surface area contributed by atoms with Crippen molar-refractivity contribution in [2.75, 3.05) is 20.2 Å². The molecule has 3 nitrogen and oxygen atoms in total. The van der Waals surface area contributed by atoms with Gasteiger partial charge in [0.2, 0.25) is 5.91 Å². The molecule has 5 heteroatoms. The van der Waals surface area contributed by atoms with E-state index in [9.17, 15) is 13.6 Å². The maximum Gasteiger partial charge on any atom is 0.227 e. The fourth-order valence-corrected chi connectivity index (χ4v) is 4.27. The summed E-state index contributed by atoms with van der Waals surface area (Å²) < 4.78 is 32.7. The number of piperidine rings is 1. The van der Waals surface area contributed by atoms with Crippen LogP contribution in [0.2, 0.25) is 0 Å². The van der Waals surface area contributed by atoms with Crippen LogP contribution < -0.4 is 0 Å². The second-order valence-electron chi connectivity index (χ2n) is 6.81. The molecule has 0 unspecified atom stereocenters. The molecule has 0 aromatic heterocycles. The Labute approximate surface area is 135 Å². The van der Waals surface area contributed by atoms with Crippen LogP contribution >= 0.6 is 0 Å². The zero-order valence-electron chi connectivity index (χ0n) is 13.5. The molecule has 2 fully saturated rings. The van der Waals surface area contributed by atoms with E-state index in [1.807, 2.05) is 4.90 Å². The van der Waals surface area contributed by atoms with E-state index in [2.05, 4.69) is 0 Å². The highest BCUT2D eigenvalue weighted by Crippen LogP contribution is 2.46. The predicted octanol–water partition coefficient (Wildman–Crippen LogP) is 3.32. The van der Waals surface area contributed by atoms with E-state index in [4.69, 9.17) is 4.74 Å². The molecule has 3 rings (SSSR count). The van der Waals surface area contributed by atoms with Crippen LogP contribution in [0, 0.1) is 17.0 Å². The minimum absolute atomic E-state index is 0.0448. The number of hydrogen-bond acceptors (Lipinski definition) is 2. The Morgan fingerprint density at radius 2 is 2.13 bits per heavy atom. The Hall–Kier alpha value is -1.49. The van der Waals surface area contributed by atoms with Crippen LogP contribution in [0.5, 0.6) is 0 Å². The number of carbonyl (C=O) groups is 1. The molecule has 1 aromatic carbocycles. The van der Waals surface area contributed by atoms with Crippen molar-refractivity contribution >= 4 is 5.91 Å². The molecule has 1 amide bonds. The molecule has 126 valence electrons. The van der Waals surface area contributed by atoms with E-state index < -0.39 is 11.6 Å². The largest absolute Gasteiger partial charge is 0.381 e. The van der Waals surface area contributed by atoms with Crippen molar-refractivity contribution in [2.24, 2.45) is 5.41 Å². The molecule has 1 spiro atoms. The standard InChI is InChI=1S/C18H23F2NO2/c1-23-16-4-2-7-18(16)8-3-9-21(12-18)17(22)11-13-10-14(19)5-6-15(13)20/h5-6,10,16H,2-4,7-9,11-12H2,1H3/t16-,18-/m1/s1. The summed E-state index contributed by atoms with van der Waals surface area (Å²) in [4.78, 5) is 14.4. The lowest BCUT2D eigenvalue weighted by molar-refractivity contribution is -0.136. The number of nitrogens with zero attached hydrogens (tertiary/aromatic N) is 1. The van der Waals surface area contributed by atoms with Gasteiger partial charge in [0.05, 0.1) is 12.5 Å². The average Bonchev–Trinajstić information content (AvgIpc) is 2.92. The first kappa shape index (κ1) is 16.4. The van der Waals surface area contributed by atoms with Crippen LogP contribution in [0.25, 0.3) is 0 Å². The van der Waals surface area contributed by atoms with Crippen molar-refractivity contribution in [3.8, 4) is 0 Å². The first-order valence-electron chi connectivity index (χ1n) is 8.28. The molecule has 1 heterocycles. The zero-order valence-corrected chi connectivity index (χ0v) is 13.5. The fourth-order valence-electron chi connectivity index (χ4n) is 4.27. The van der Waals surface area contributed by atoms with Gasteiger partial charge in [0.1, 0.15) is 11.6 Å². The first-order valence-corrected chi connectivity index (χ1v) is 8.28. The Morgan fingerprint density at radius 3 is 2.91 bits per heavy atom. The van der Waals surface area contributed by atoms with Gasteiger partial charge in [0.15, 0.2) is 0 Å². The smallest absolute Gasteiger partial charge is 0.227 e. The summed E-state index contributed by atoms with van der Waals surface area (Å²) in [5.74, 6) is -1.17. The molecule has 0 bridgehead atoms. The highest BCUT2D eigenvalue weighted by Gasteiger charge is 2.46. The summed E-state index contributed by atoms with van der Waals surface area (Å²) in [6.45, 7) is 1.36. The summed E-state index contributed by atoms with van der Waals surface area (Å²) in [7, 11) is 1.74. The van der Waals surface area contributed by atoms with Gasteiger partial charge < -0.3 is 9.64 Å². The van der Waals surface area contributed by atoms with E-state index >= 15 is 0 Å². The maximum atomic E-state index is 13.8. The number of hydrogen-bond donors (Lipinski definition) is 0. The Bertz CT molecular complexity index is 592. The van der Waals surface area contributed by atoms with Gasteiger partial charge in [-0.15, -0.1) is 0 Å². The quantitative estimate of drug-likeness (QED) is 0.854. The lowest BCUT2D eigenvalue weighted by Crippen LogP contribution is -2.50. The Kier molecular flexibility index (Phi) is 4.67. The van der Waals surface area contributed by atoms with Crippen molar-refractivity contribution in [1.29, 1.82) is 0 Å². The van der Waals surface area contributed by atoms with Gasteiger partial charge in [-0.2, -0.15) is 0 Å². The van der Waals surface area contributed by atoms with Crippen LogP contribution in [-0.4, -0.2) is 37.1 Å². The Morgan fingerprint density at radius 1 is 1.35 bits per heavy atom. The molecule has 1 saturated carbocycles. The van der Waals surface area contributed by atoms with Gasteiger partial charge >= 0.3 is 0 Å². The lowest BCUT2D eigenvalue weighted by atomic mass is 9.76. The van der Waals surface area contributed by atoms with E-state index in [0.29, 0.717) is 13.1 Å². The third-order valence-electron chi connectivity index (χ3n) is 5.42. The first-order chi connectivity index (χ1) is 11.0. The van der Waals surface area contributed by atoms with Crippen LogP contribution in [-0.2, 0) is 16.0 Å². The topological polar surface area (TPSA) is 29.5 Å². The van der Waals surface area contributed by atoms with Crippen molar-refractivity contribution in [2.45, 2.75) is 44.6 Å². The number of methoxy groups -OCH3 is 1. The molecule has 1 aromatic rings. The number of rotatable bonds is 3. The van der Waals surface area contributed by atoms with Gasteiger partial charge in [-0.25, -0.2) is 8.78 Å². The highest BCUT2D eigenvalue weighted by atomic mass is 19.1. The molecule has 23 heavy (non-hydrogen) atoms. The van der Waals surface area contributed by atoms with E-state index in [1.165, 1.54) is 0 Å². The average molecular weight is 323 g/mol. The summed E-state index contributed by atoms with van der Waals surface area (Å²) in [5, 5.41) is 0. The van der Waals surface area contributed by atoms with Crippen molar-refractivity contribution in [3.05, 3.63) is 35.4 Å². The second-order valence-corrected chi connectivity index (χ2v) is 6.81. The van der Waals surface area contributed by atoms with Crippen LogP contribution in [0.1, 0.15) is 37.7 Å². The van der Waals surface area contributed by atoms with Crippen molar-refractivity contribution < 1.29 is 18.3 Å². The summed E-state index contributed by atoms with van der Waals surface area (Å²) in [6, 6.07) is 3.26.